The number of fused-ring (bicyclic) bond motifs is 2. The van der Waals surface area contributed by atoms with E-state index in [1.807, 2.05) is 49.5 Å². The Bertz CT molecular complexity index is 3200. The summed E-state index contributed by atoms with van der Waals surface area (Å²) in [5.41, 5.74) is 5.66. The topological polar surface area (TPSA) is 154 Å². The summed E-state index contributed by atoms with van der Waals surface area (Å²) in [5.74, 6) is -1.79. The SMILES string of the molecule is C[C@@H](Oc1ccc2c(-c3ccc(F)cc3Cl)c[nH]c(=O)c2c1)C(=O)N1CCC(C(=O)O)CC1.Cc1ccccc1-c1c[nH]c(=O)c2cc(OC(C)C(F)(F)F)ccc12.Fc1ccc(C2=CNCCC2)cc1. The molecule has 0 spiro atoms. The average Bonchev–Trinajstić information content (AvgIpc) is 3.35. The Balaban J connectivity index is 0.000000171. The van der Waals surface area contributed by atoms with Crippen LogP contribution in [-0.4, -0.2) is 69.9 Å². The first-order chi connectivity index (χ1) is 33.9. The lowest BCUT2D eigenvalue weighted by Gasteiger charge is -2.32. The zero-order valence-electron chi connectivity index (χ0n) is 38.8. The highest BCUT2D eigenvalue weighted by atomic mass is 35.5. The zero-order chi connectivity index (χ0) is 51.0. The summed E-state index contributed by atoms with van der Waals surface area (Å²) in [5, 5.41) is 14.4. The maximum absolute atomic E-state index is 13.5. The van der Waals surface area contributed by atoms with Gasteiger partial charge < -0.3 is 34.8 Å². The number of aliphatic carboxylic acids is 1. The largest absolute Gasteiger partial charge is 0.481 e. The normalized spacial score (nSPS) is 14.7. The lowest BCUT2D eigenvalue weighted by molar-refractivity contribution is -0.189. The maximum Gasteiger partial charge on any atom is 0.425 e. The molecule has 2 aromatic heterocycles. The Morgan fingerprint density at radius 1 is 0.732 bits per heavy atom. The van der Waals surface area contributed by atoms with E-state index in [0.717, 1.165) is 48.6 Å². The van der Waals surface area contributed by atoms with E-state index >= 15 is 0 Å². The number of aryl methyl sites for hydroxylation is 1. The number of alkyl halides is 3. The minimum Gasteiger partial charge on any atom is -0.481 e. The fourth-order valence-corrected chi connectivity index (χ4v) is 8.59. The van der Waals surface area contributed by atoms with Crippen LogP contribution in [0.25, 0.3) is 49.4 Å². The molecule has 1 unspecified atom stereocenters. The van der Waals surface area contributed by atoms with Crippen LogP contribution in [0.15, 0.2) is 131 Å². The van der Waals surface area contributed by atoms with Crippen molar-refractivity contribution < 1.29 is 46.1 Å². The van der Waals surface area contributed by atoms with Gasteiger partial charge in [0.25, 0.3) is 17.0 Å². The van der Waals surface area contributed by atoms with Gasteiger partial charge in [-0.05, 0) is 146 Å². The molecule has 11 nitrogen and oxygen atoms in total. The Morgan fingerprint density at radius 3 is 1.86 bits per heavy atom. The van der Waals surface area contributed by atoms with E-state index in [1.165, 1.54) is 48.2 Å². The highest BCUT2D eigenvalue weighted by Gasteiger charge is 2.38. The van der Waals surface area contributed by atoms with Gasteiger partial charge in [-0.1, -0.05) is 48.0 Å². The molecule has 71 heavy (non-hydrogen) atoms. The minimum absolute atomic E-state index is 0.00441. The van der Waals surface area contributed by atoms with Gasteiger partial charge in [0.15, 0.2) is 12.2 Å². The molecule has 4 heterocycles. The third-order valence-corrected chi connectivity index (χ3v) is 12.6. The molecule has 0 saturated carbocycles. The third kappa shape index (κ3) is 12.7. The van der Waals surface area contributed by atoms with Crippen LogP contribution in [0.3, 0.4) is 0 Å². The van der Waals surface area contributed by atoms with E-state index in [9.17, 15) is 41.1 Å². The lowest BCUT2D eigenvalue weighted by Crippen LogP contribution is -2.45. The van der Waals surface area contributed by atoms with E-state index in [-0.39, 0.29) is 39.0 Å². The number of nitrogens with one attached hydrogen (secondary N) is 3. The molecule has 0 bridgehead atoms. The van der Waals surface area contributed by atoms with Gasteiger partial charge in [-0.25, -0.2) is 8.78 Å². The fraction of sp³-hybridized carbons (Fsp3) is 0.259. The Labute approximate surface area is 409 Å². The lowest BCUT2D eigenvalue weighted by atomic mass is 9.97. The van der Waals surface area contributed by atoms with Crippen LogP contribution in [0.5, 0.6) is 11.5 Å². The number of carbonyl (C=O) groups is 2. The molecular formula is C54H50ClF5N4O7. The van der Waals surface area contributed by atoms with Crippen LogP contribution in [-0.2, 0) is 9.59 Å². The Morgan fingerprint density at radius 2 is 1.31 bits per heavy atom. The van der Waals surface area contributed by atoms with Crippen molar-refractivity contribution in [2.75, 3.05) is 19.6 Å². The van der Waals surface area contributed by atoms with Gasteiger partial charge in [-0.3, -0.25) is 19.2 Å². The standard InChI is InChI=1S/C24H22ClFN2O5.C19H16F3NO2.C11H12FN/c1-13(23(30)28-8-6-14(7-9-28)24(31)32)33-16-3-5-17-19(11-16)22(29)27-12-20(17)18-4-2-15(26)10-21(18)25;1-11-5-3-4-6-14(11)17-10-23-18(24)16-9-13(7-8-15(16)17)25-12(2)19(20,21)22;12-11-5-3-9(4-6-11)10-2-1-7-13-8-10/h2-5,10-14H,6-9H2,1H3,(H,27,29)(H,31,32);3-10,12H,1-2H3,(H,23,24);3-6,8,13H,1-2,7H2/t13-;;/m1../s1. The third-order valence-electron chi connectivity index (χ3n) is 12.3. The number of rotatable bonds is 9. The van der Waals surface area contributed by atoms with Crippen LogP contribution < -0.4 is 25.9 Å². The minimum atomic E-state index is -4.47. The molecule has 4 N–H and O–H groups in total. The van der Waals surface area contributed by atoms with Crippen LogP contribution in [0.2, 0.25) is 5.02 Å². The molecule has 7 aromatic rings. The number of carbonyl (C=O) groups excluding carboxylic acids is 1. The molecule has 370 valence electrons. The highest BCUT2D eigenvalue weighted by molar-refractivity contribution is 6.33. The zero-order valence-corrected chi connectivity index (χ0v) is 39.6. The van der Waals surface area contributed by atoms with Crippen LogP contribution in [0.4, 0.5) is 22.0 Å². The van der Waals surface area contributed by atoms with Gasteiger partial charge >= 0.3 is 12.1 Å². The van der Waals surface area contributed by atoms with Crippen molar-refractivity contribution in [1.82, 2.24) is 20.2 Å². The summed E-state index contributed by atoms with van der Waals surface area (Å²) in [6.45, 7) is 6.28. The van der Waals surface area contributed by atoms with Crippen molar-refractivity contribution in [3.05, 3.63) is 170 Å². The number of aromatic amines is 2. The predicted octanol–water partition coefficient (Wildman–Crippen LogP) is 11.5. The fourth-order valence-electron chi connectivity index (χ4n) is 8.32. The second-order valence-electron chi connectivity index (χ2n) is 17.2. The molecule has 2 atom stereocenters. The molecule has 0 aliphatic carbocycles. The molecule has 1 fully saturated rings. The number of H-pyrrole nitrogens is 2. The van der Waals surface area contributed by atoms with Gasteiger partial charge in [0.2, 0.25) is 0 Å². The molecule has 17 heteroatoms. The first kappa shape index (κ1) is 51.4. The second-order valence-corrected chi connectivity index (χ2v) is 17.6. The Kier molecular flexibility index (Phi) is 16.3. The summed E-state index contributed by atoms with van der Waals surface area (Å²) in [6, 6.07) is 27.7. The van der Waals surface area contributed by atoms with E-state index in [1.54, 1.807) is 48.4 Å². The summed E-state index contributed by atoms with van der Waals surface area (Å²) < 4.78 is 74.8. The van der Waals surface area contributed by atoms with E-state index < -0.39 is 36.1 Å². The number of hydrogen-bond acceptors (Lipinski definition) is 7. The molecule has 9 rings (SSSR count). The number of carboxylic acid groups (broad SMARTS) is 1. The number of pyridine rings is 2. The van der Waals surface area contributed by atoms with Gasteiger partial charge in [0.05, 0.1) is 21.7 Å². The van der Waals surface area contributed by atoms with Gasteiger partial charge in [-0.15, -0.1) is 0 Å². The number of amides is 1. The van der Waals surface area contributed by atoms with Crippen molar-refractivity contribution in [2.24, 2.45) is 5.92 Å². The van der Waals surface area contributed by atoms with Gasteiger partial charge in [0.1, 0.15) is 23.1 Å². The first-order valence-corrected chi connectivity index (χ1v) is 23.2. The number of hydrogen-bond donors (Lipinski definition) is 4. The van der Waals surface area contributed by atoms with Gasteiger partial charge in [0, 0.05) is 54.9 Å². The molecule has 1 saturated heterocycles. The van der Waals surface area contributed by atoms with Crippen molar-refractivity contribution in [2.45, 2.75) is 64.8 Å². The van der Waals surface area contributed by atoms with Crippen molar-refractivity contribution in [1.29, 1.82) is 0 Å². The molecule has 5 aromatic carbocycles. The number of ether oxygens (including phenoxy) is 2. The number of aromatic nitrogens is 2. The summed E-state index contributed by atoms with van der Waals surface area (Å²) in [6.07, 6.45) is 0.995. The number of likely N-dealkylation sites (tertiary alicyclic amines) is 1. The molecule has 1 amide bonds. The number of halogens is 6. The summed E-state index contributed by atoms with van der Waals surface area (Å²) in [7, 11) is 0. The second kappa shape index (κ2) is 22.5. The molecular weight excluding hydrogens is 947 g/mol. The molecule has 0 radical (unpaired) electrons. The van der Waals surface area contributed by atoms with Gasteiger partial charge in [-0.2, -0.15) is 13.2 Å². The predicted molar refractivity (Wildman–Crippen MR) is 265 cm³/mol. The van der Waals surface area contributed by atoms with Crippen molar-refractivity contribution >= 4 is 50.6 Å². The number of nitrogens with zero attached hydrogens (tertiary/aromatic N) is 1. The van der Waals surface area contributed by atoms with Crippen LogP contribution in [0.1, 0.15) is 50.7 Å². The average molecular weight is 997 g/mol. The highest BCUT2D eigenvalue weighted by Crippen LogP contribution is 2.35. The number of carboxylic acids is 1. The van der Waals surface area contributed by atoms with E-state index in [4.69, 9.17) is 26.2 Å². The summed E-state index contributed by atoms with van der Waals surface area (Å²) in [4.78, 5) is 55.4. The van der Waals surface area contributed by atoms with Crippen molar-refractivity contribution in [3.8, 4) is 33.8 Å². The maximum atomic E-state index is 13.5. The van der Waals surface area contributed by atoms with Crippen LogP contribution >= 0.6 is 11.6 Å². The Hall–Kier alpha value is -7.46. The molecule has 2 aliphatic heterocycles. The monoisotopic (exact) mass is 996 g/mol. The van der Waals surface area contributed by atoms with Crippen LogP contribution in [0, 0.1) is 24.5 Å². The number of piperidine rings is 1. The molecule has 2 aliphatic rings. The number of benzene rings is 5. The van der Waals surface area contributed by atoms with E-state index in [2.05, 4.69) is 15.3 Å². The smallest absolute Gasteiger partial charge is 0.425 e. The number of allylic oxidation sites excluding steroid dienone is 1. The quantitative estimate of drug-likeness (QED) is 0.104. The first-order valence-electron chi connectivity index (χ1n) is 22.8. The van der Waals surface area contributed by atoms with E-state index in [0.29, 0.717) is 59.0 Å². The summed E-state index contributed by atoms with van der Waals surface area (Å²) >= 11 is 6.21. The van der Waals surface area contributed by atoms with Crippen molar-refractivity contribution in [3.63, 3.8) is 0 Å².